The molecule has 1 amide bonds. The number of aromatic nitrogens is 2. The zero-order valence-electron chi connectivity index (χ0n) is 15.7. The summed E-state index contributed by atoms with van der Waals surface area (Å²) in [6.07, 6.45) is 4.71. The number of rotatable bonds is 7. The number of hydrogen-bond donors (Lipinski definition) is 1. The van der Waals surface area contributed by atoms with E-state index in [9.17, 15) is 13.2 Å². The van der Waals surface area contributed by atoms with Gasteiger partial charge in [-0.15, -0.1) is 0 Å². The van der Waals surface area contributed by atoms with Gasteiger partial charge in [0, 0.05) is 24.6 Å². The minimum atomic E-state index is -3.57. The number of nitrogens with one attached hydrogen (secondary N) is 1. The lowest BCUT2D eigenvalue weighted by molar-refractivity contribution is -0.119. The highest BCUT2D eigenvalue weighted by Gasteiger charge is 2.20. The van der Waals surface area contributed by atoms with Crippen LogP contribution in [0, 0.1) is 6.92 Å². The van der Waals surface area contributed by atoms with E-state index in [4.69, 9.17) is 0 Å². The van der Waals surface area contributed by atoms with Crippen LogP contribution in [0.2, 0.25) is 0 Å². The van der Waals surface area contributed by atoms with Gasteiger partial charge >= 0.3 is 0 Å². The molecule has 0 aliphatic heterocycles. The van der Waals surface area contributed by atoms with Gasteiger partial charge in [0.2, 0.25) is 15.9 Å². The molecule has 146 valence electrons. The third kappa shape index (κ3) is 4.77. The Bertz CT molecular complexity index is 1040. The van der Waals surface area contributed by atoms with E-state index in [2.05, 4.69) is 10.3 Å². The van der Waals surface area contributed by atoms with Gasteiger partial charge < -0.3 is 9.88 Å². The third-order valence-electron chi connectivity index (χ3n) is 4.26. The van der Waals surface area contributed by atoms with Gasteiger partial charge in [-0.25, -0.2) is 13.4 Å². The SMILES string of the molecule is Cc1nccn1-c1ccc(CNC(=O)CN(c2ccccc2)S(C)(=O)=O)cc1. The zero-order chi connectivity index (χ0) is 20.1. The molecular formula is C20H22N4O3S. The summed E-state index contributed by atoms with van der Waals surface area (Å²) in [6, 6.07) is 16.3. The molecule has 0 unspecified atom stereocenters. The van der Waals surface area contributed by atoms with Gasteiger partial charge in [0.25, 0.3) is 0 Å². The first-order valence-corrected chi connectivity index (χ1v) is 10.6. The van der Waals surface area contributed by atoms with Gasteiger partial charge in [-0.05, 0) is 36.8 Å². The molecule has 0 aliphatic rings. The molecule has 0 spiro atoms. The first-order chi connectivity index (χ1) is 13.3. The zero-order valence-corrected chi connectivity index (χ0v) is 16.6. The molecule has 8 heteroatoms. The quantitative estimate of drug-likeness (QED) is 0.662. The molecule has 0 aliphatic carbocycles. The van der Waals surface area contributed by atoms with E-state index in [-0.39, 0.29) is 12.5 Å². The molecule has 0 fully saturated rings. The molecule has 7 nitrogen and oxygen atoms in total. The molecular weight excluding hydrogens is 376 g/mol. The van der Waals surface area contributed by atoms with E-state index in [1.54, 1.807) is 36.5 Å². The number of imidazole rings is 1. The van der Waals surface area contributed by atoms with Crippen molar-refractivity contribution in [1.82, 2.24) is 14.9 Å². The summed E-state index contributed by atoms with van der Waals surface area (Å²) in [5.41, 5.74) is 2.36. The van der Waals surface area contributed by atoms with Crippen molar-refractivity contribution in [1.29, 1.82) is 0 Å². The van der Waals surface area contributed by atoms with Gasteiger partial charge in [0.1, 0.15) is 12.4 Å². The van der Waals surface area contributed by atoms with Crippen LogP contribution in [0.15, 0.2) is 67.0 Å². The summed E-state index contributed by atoms with van der Waals surface area (Å²) in [6.45, 7) is 1.97. The minimum absolute atomic E-state index is 0.269. The fraction of sp³-hybridized carbons (Fsp3) is 0.200. The van der Waals surface area contributed by atoms with Crippen molar-refractivity contribution in [2.24, 2.45) is 0 Å². The molecule has 28 heavy (non-hydrogen) atoms. The fourth-order valence-corrected chi connectivity index (χ4v) is 3.66. The molecule has 3 aromatic rings. The second kappa shape index (κ2) is 8.26. The number of benzene rings is 2. The van der Waals surface area contributed by atoms with Crippen LogP contribution < -0.4 is 9.62 Å². The Balaban J connectivity index is 1.62. The Morgan fingerprint density at radius 2 is 1.79 bits per heavy atom. The number of aryl methyl sites for hydroxylation is 1. The monoisotopic (exact) mass is 398 g/mol. The second-order valence-electron chi connectivity index (χ2n) is 6.39. The molecule has 0 radical (unpaired) electrons. The molecule has 0 bridgehead atoms. The highest BCUT2D eigenvalue weighted by molar-refractivity contribution is 7.92. The Labute approximate surface area is 164 Å². The molecule has 0 saturated heterocycles. The first kappa shape index (κ1) is 19.6. The highest BCUT2D eigenvalue weighted by atomic mass is 32.2. The van der Waals surface area contributed by atoms with Gasteiger partial charge in [-0.3, -0.25) is 9.10 Å². The van der Waals surface area contributed by atoms with Crippen molar-refractivity contribution >= 4 is 21.6 Å². The van der Waals surface area contributed by atoms with Gasteiger partial charge in [0.05, 0.1) is 11.9 Å². The summed E-state index contributed by atoms with van der Waals surface area (Å²) < 4.78 is 27.2. The maximum absolute atomic E-state index is 12.3. The number of para-hydroxylation sites is 1. The molecule has 1 aromatic heterocycles. The van der Waals surface area contributed by atoms with Crippen molar-refractivity contribution in [3.8, 4) is 5.69 Å². The third-order valence-corrected chi connectivity index (χ3v) is 5.40. The van der Waals surface area contributed by atoms with E-state index in [1.165, 1.54) is 0 Å². The average molecular weight is 398 g/mol. The lowest BCUT2D eigenvalue weighted by atomic mass is 10.2. The van der Waals surface area contributed by atoms with Crippen LogP contribution in [0.4, 0.5) is 5.69 Å². The second-order valence-corrected chi connectivity index (χ2v) is 8.30. The van der Waals surface area contributed by atoms with Crippen LogP contribution >= 0.6 is 0 Å². The molecule has 0 atom stereocenters. The van der Waals surface area contributed by atoms with Crippen molar-refractivity contribution in [2.45, 2.75) is 13.5 Å². The lowest BCUT2D eigenvalue weighted by Gasteiger charge is -2.21. The maximum Gasteiger partial charge on any atom is 0.241 e. The van der Waals surface area contributed by atoms with Crippen LogP contribution in [-0.2, 0) is 21.4 Å². The van der Waals surface area contributed by atoms with Crippen LogP contribution in [0.5, 0.6) is 0 Å². The number of carbonyl (C=O) groups is 1. The van der Waals surface area contributed by atoms with Crippen molar-refractivity contribution in [2.75, 3.05) is 17.1 Å². The normalized spacial score (nSPS) is 11.2. The predicted octanol–water partition coefficient (Wildman–Crippen LogP) is 2.26. The molecule has 0 saturated carbocycles. The summed E-state index contributed by atoms with van der Waals surface area (Å²) in [7, 11) is -3.57. The summed E-state index contributed by atoms with van der Waals surface area (Å²) in [5, 5.41) is 2.77. The van der Waals surface area contributed by atoms with Crippen LogP contribution in [-0.4, -0.2) is 36.7 Å². The molecule has 1 heterocycles. The first-order valence-electron chi connectivity index (χ1n) is 8.73. The highest BCUT2D eigenvalue weighted by Crippen LogP contribution is 2.16. The van der Waals surface area contributed by atoms with Crippen LogP contribution in [0.1, 0.15) is 11.4 Å². The topological polar surface area (TPSA) is 84.3 Å². The Morgan fingerprint density at radius 1 is 1.11 bits per heavy atom. The predicted molar refractivity (Wildman–Crippen MR) is 109 cm³/mol. The number of anilines is 1. The van der Waals surface area contributed by atoms with E-state index in [0.29, 0.717) is 12.2 Å². The number of nitrogens with zero attached hydrogens (tertiary/aromatic N) is 3. The van der Waals surface area contributed by atoms with Crippen LogP contribution in [0.25, 0.3) is 5.69 Å². The number of carbonyl (C=O) groups excluding carboxylic acids is 1. The summed E-state index contributed by atoms with van der Waals surface area (Å²) >= 11 is 0. The van der Waals surface area contributed by atoms with Crippen LogP contribution in [0.3, 0.4) is 0 Å². The van der Waals surface area contributed by atoms with E-state index in [0.717, 1.165) is 27.6 Å². The minimum Gasteiger partial charge on any atom is -0.350 e. The summed E-state index contributed by atoms with van der Waals surface area (Å²) in [5.74, 6) is 0.520. The van der Waals surface area contributed by atoms with Gasteiger partial charge in [-0.1, -0.05) is 30.3 Å². The van der Waals surface area contributed by atoms with Crippen molar-refractivity contribution in [3.63, 3.8) is 0 Å². The molecule has 2 aromatic carbocycles. The largest absolute Gasteiger partial charge is 0.350 e. The van der Waals surface area contributed by atoms with Gasteiger partial charge in [-0.2, -0.15) is 0 Å². The standard InChI is InChI=1S/C20H22N4O3S/c1-16-21-12-13-23(16)18-10-8-17(9-11-18)14-22-20(25)15-24(28(2,26)27)19-6-4-3-5-7-19/h3-13H,14-15H2,1-2H3,(H,22,25). The molecule has 3 rings (SSSR count). The van der Waals surface area contributed by atoms with Crippen molar-refractivity contribution < 1.29 is 13.2 Å². The number of amides is 1. The molecule has 1 N–H and O–H groups in total. The Kier molecular flexibility index (Phi) is 5.79. The fourth-order valence-electron chi connectivity index (χ4n) is 2.81. The van der Waals surface area contributed by atoms with E-state index < -0.39 is 10.0 Å². The lowest BCUT2D eigenvalue weighted by Crippen LogP contribution is -2.40. The van der Waals surface area contributed by atoms with E-state index in [1.807, 2.05) is 42.0 Å². The van der Waals surface area contributed by atoms with E-state index >= 15 is 0 Å². The Hall–Kier alpha value is -3.13. The average Bonchev–Trinajstić information content (AvgIpc) is 3.10. The smallest absolute Gasteiger partial charge is 0.241 e. The summed E-state index contributed by atoms with van der Waals surface area (Å²) in [4.78, 5) is 16.5. The maximum atomic E-state index is 12.3. The number of hydrogen-bond acceptors (Lipinski definition) is 4. The number of sulfonamides is 1. The Morgan fingerprint density at radius 3 is 2.36 bits per heavy atom. The van der Waals surface area contributed by atoms with Gasteiger partial charge in [0.15, 0.2) is 0 Å². The van der Waals surface area contributed by atoms with Crippen molar-refractivity contribution in [3.05, 3.63) is 78.4 Å².